The molecule has 0 radical (unpaired) electrons. The van der Waals surface area contributed by atoms with E-state index in [1.165, 1.54) is 22.4 Å². The maximum absolute atomic E-state index is 12.9. The number of ether oxygens (including phenoxy) is 1. The van der Waals surface area contributed by atoms with E-state index in [9.17, 15) is 8.78 Å². The molecule has 0 N–H and O–H groups in total. The van der Waals surface area contributed by atoms with Gasteiger partial charge in [0.15, 0.2) is 11.6 Å². The molecule has 0 spiro atoms. The topological polar surface area (TPSA) is 9.23 Å². The van der Waals surface area contributed by atoms with Gasteiger partial charge in [0, 0.05) is 5.75 Å². The number of benzene rings is 2. The van der Waals surface area contributed by atoms with E-state index >= 15 is 0 Å². The van der Waals surface area contributed by atoms with Crippen LogP contribution in [0.25, 0.3) is 0 Å². The molecule has 90 valence electrons. The number of hydrogen-bond donors (Lipinski definition) is 0. The molecule has 0 aliphatic carbocycles. The minimum atomic E-state index is -0.863. The molecule has 2 aromatic carbocycles. The van der Waals surface area contributed by atoms with Crippen LogP contribution in [-0.2, 0) is 22.9 Å². The zero-order valence-electron chi connectivity index (χ0n) is 9.50. The van der Waals surface area contributed by atoms with Crippen LogP contribution in [0.15, 0.2) is 42.5 Å². The minimum absolute atomic E-state index is 0.192. The van der Waals surface area contributed by atoms with Gasteiger partial charge in [-0.05, 0) is 17.7 Å². The number of halogens is 3. The van der Waals surface area contributed by atoms with Crippen LogP contribution >= 0.6 is 13.6 Å². The van der Waals surface area contributed by atoms with E-state index in [0.29, 0.717) is 11.3 Å². The second-order valence-electron chi connectivity index (χ2n) is 3.26. The van der Waals surface area contributed by atoms with Crippen molar-refractivity contribution in [2.75, 3.05) is 0 Å². The molecule has 0 aromatic heterocycles. The zero-order valence-corrected chi connectivity index (χ0v) is 14.1. The Bertz CT molecular complexity index is 480. The van der Waals surface area contributed by atoms with E-state index in [1.54, 1.807) is 12.1 Å². The van der Waals surface area contributed by atoms with Crippen molar-refractivity contribution >= 4 is 13.6 Å². The molecule has 0 fully saturated rings. The van der Waals surface area contributed by atoms with Gasteiger partial charge in [0.05, 0.1) is 0 Å². The second kappa shape index (κ2) is 8.33. The third-order valence-corrected chi connectivity index (χ3v) is 2.06. The molecule has 0 amide bonds. The summed E-state index contributed by atoms with van der Waals surface area (Å²) >= 11 is 4.25. The van der Waals surface area contributed by atoms with Crippen LogP contribution < -0.4 is 4.74 Å². The molecule has 5 heteroatoms. The first kappa shape index (κ1) is 15.3. The summed E-state index contributed by atoms with van der Waals surface area (Å²) in [7, 11) is 0. The SMILES string of the molecule is Fc1ccc(COc2[c-]cccc2)cc1F.[Zn+][Br]. The monoisotopic (exact) mass is 362 g/mol. The molecule has 2 rings (SSSR count). The van der Waals surface area contributed by atoms with E-state index in [2.05, 4.69) is 19.7 Å². The molecular weight excluding hydrogens is 355 g/mol. The number of hydrogen-bond acceptors (Lipinski definition) is 1. The van der Waals surface area contributed by atoms with E-state index in [-0.39, 0.29) is 6.61 Å². The first-order chi connectivity index (χ1) is 8.75. The number of para-hydroxylation sites is 1. The van der Waals surface area contributed by atoms with Crippen LogP contribution in [0.4, 0.5) is 8.78 Å². The van der Waals surface area contributed by atoms with Gasteiger partial charge in [-0.1, -0.05) is 6.07 Å². The summed E-state index contributed by atoms with van der Waals surface area (Å²) in [6, 6.07) is 13.7. The van der Waals surface area contributed by atoms with Crippen molar-refractivity contribution in [2.24, 2.45) is 0 Å². The van der Waals surface area contributed by atoms with Crippen molar-refractivity contribution in [1.29, 1.82) is 0 Å². The quantitative estimate of drug-likeness (QED) is 0.586. The predicted octanol–water partition coefficient (Wildman–Crippen LogP) is 4.19. The van der Waals surface area contributed by atoms with Crippen LogP contribution in [-0.4, -0.2) is 0 Å². The summed E-state index contributed by atoms with van der Waals surface area (Å²) in [4.78, 5) is 0. The molecule has 0 aliphatic heterocycles. The first-order valence-electron chi connectivity index (χ1n) is 5.06. The van der Waals surface area contributed by atoms with Gasteiger partial charge >= 0.3 is 30.0 Å². The molecule has 0 unspecified atom stereocenters. The Balaban J connectivity index is 0.000000771. The Labute approximate surface area is 121 Å². The van der Waals surface area contributed by atoms with Crippen molar-refractivity contribution in [1.82, 2.24) is 0 Å². The standard InChI is InChI=1S/C13H9F2O.BrH.Zn/c14-12-7-6-10(8-13(12)15)9-16-11-4-2-1-3-5-11;;/h1-4,6-8H,9H2;1H;/q-1;;+2/p-1. The fourth-order valence-corrected chi connectivity index (χ4v) is 1.26. The van der Waals surface area contributed by atoms with Gasteiger partial charge in [0.2, 0.25) is 0 Å². The molecule has 0 aliphatic rings. The molecule has 2 aromatic rings. The van der Waals surface area contributed by atoms with Gasteiger partial charge in [-0.3, -0.25) is 0 Å². The van der Waals surface area contributed by atoms with Gasteiger partial charge in [-0.25, -0.2) is 8.78 Å². The molecule has 0 saturated carbocycles. The Morgan fingerprint density at radius 1 is 1.11 bits per heavy atom. The molecule has 0 atom stereocenters. The molecule has 0 bridgehead atoms. The summed E-state index contributed by atoms with van der Waals surface area (Å²) in [6.07, 6.45) is 0. The van der Waals surface area contributed by atoms with Crippen LogP contribution in [0.1, 0.15) is 5.56 Å². The van der Waals surface area contributed by atoms with Crippen LogP contribution in [0.2, 0.25) is 0 Å². The average molecular weight is 365 g/mol. The van der Waals surface area contributed by atoms with E-state index < -0.39 is 11.6 Å². The van der Waals surface area contributed by atoms with E-state index in [0.717, 1.165) is 12.1 Å². The summed E-state index contributed by atoms with van der Waals surface area (Å²) in [5.74, 6) is -1.14. The van der Waals surface area contributed by atoms with Crippen molar-refractivity contribution in [2.45, 2.75) is 6.61 Å². The van der Waals surface area contributed by atoms with Crippen LogP contribution in [0, 0.1) is 17.7 Å². The van der Waals surface area contributed by atoms with Crippen molar-refractivity contribution in [3.8, 4) is 5.75 Å². The van der Waals surface area contributed by atoms with Gasteiger partial charge in [0.1, 0.15) is 6.61 Å². The molecule has 0 heterocycles. The Morgan fingerprint density at radius 3 is 2.50 bits per heavy atom. The average Bonchev–Trinajstić information content (AvgIpc) is 2.44. The summed E-state index contributed by atoms with van der Waals surface area (Å²) in [5.41, 5.74) is 0.580. The van der Waals surface area contributed by atoms with Crippen LogP contribution in [0.5, 0.6) is 5.75 Å². The van der Waals surface area contributed by atoms with Crippen molar-refractivity contribution < 1.29 is 29.9 Å². The molecule has 1 nitrogen and oxygen atoms in total. The third-order valence-electron chi connectivity index (χ3n) is 2.06. The van der Waals surface area contributed by atoms with E-state index in [4.69, 9.17) is 4.74 Å². The number of rotatable bonds is 3. The van der Waals surface area contributed by atoms with Gasteiger partial charge < -0.3 is 4.74 Å². The zero-order chi connectivity index (χ0) is 13.4. The Morgan fingerprint density at radius 2 is 1.89 bits per heavy atom. The Kier molecular flexibility index (Phi) is 7.06. The summed E-state index contributed by atoms with van der Waals surface area (Å²) < 4.78 is 30.8. The maximum atomic E-state index is 12.9. The van der Waals surface area contributed by atoms with Crippen LogP contribution in [0.3, 0.4) is 0 Å². The van der Waals surface area contributed by atoms with Gasteiger partial charge in [0.25, 0.3) is 0 Å². The summed E-state index contributed by atoms with van der Waals surface area (Å²) in [5, 5.41) is 0. The first-order valence-corrected chi connectivity index (χ1v) is 12.0. The Hall–Kier alpha value is -0.797. The van der Waals surface area contributed by atoms with Gasteiger partial charge in [-0.15, -0.1) is 12.1 Å². The predicted molar refractivity (Wildman–Crippen MR) is 64.9 cm³/mol. The third kappa shape index (κ3) is 4.83. The van der Waals surface area contributed by atoms with Crippen molar-refractivity contribution in [3.05, 3.63) is 65.7 Å². The second-order valence-corrected chi connectivity index (χ2v) is 3.26. The van der Waals surface area contributed by atoms with Crippen molar-refractivity contribution in [3.63, 3.8) is 0 Å². The van der Waals surface area contributed by atoms with Gasteiger partial charge in [-0.2, -0.15) is 18.2 Å². The summed E-state index contributed by atoms with van der Waals surface area (Å²) in [6.45, 7) is 0.192. The molecule has 18 heavy (non-hydrogen) atoms. The van der Waals surface area contributed by atoms with E-state index in [1.807, 2.05) is 12.1 Å². The fourth-order valence-electron chi connectivity index (χ4n) is 1.26. The normalized spacial score (nSPS) is 9.39. The fraction of sp³-hybridized carbons (Fsp3) is 0.0769. The molecular formula is C13H9BrF2OZn. The molecule has 0 saturated heterocycles.